The van der Waals surface area contributed by atoms with Crippen LogP contribution in [0.3, 0.4) is 0 Å². The number of hydrogen-bond acceptors (Lipinski definition) is 3. The van der Waals surface area contributed by atoms with Crippen LogP contribution in [0, 0.1) is 0 Å². The minimum absolute atomic E-state index is 0.130. The van der Waals surface area contributed by atoms with E-state index in [0.29, 0.717) is 12.2 Å². The van der Waals surface area contributed by atoms with Crippen LogP contribution >= 0.6 is 0 Å². The molecule has 1 heterocycles. The van der Waals surface area contributed by atoms with E-state index in [9.17, 15) is 4.79 Å². The van der Waals surface area contributed by atoms with Gasteiger partial charge in [-0.1, -0.05) is 18.2 Å². The molecule has 1 fully saturated rings. The van der Waals surface area contributed by atoms with Crippen molar-refractivity contribution in [2.75, 3.05) is 6.54 Å². The molecule has 0 atom stereocenters. The highest BCUT2D eigenvalue weighted by atomic mass is 16.2. The summed E-state index contributed by atoms with van der Waals surface area (Å²) in [4.78, 5) is 12.2. The highest BCUT2D eigenvalue weighted by molar-refractivity contribution is 6.05. The zero-order chi connectivity index (χ0) is 12.8. The number of para-hydroxylation sites is 1. The Morgan fingerprint density at radius 3 is 2.89 bits per heavy atom. The van der Waals surface area contributed by atoms with Gasteiger partial charge in [-0.3, -0.25) is 9.48 Å². The summed E-state index contributed by atoms with van der Waals surface area (Å²) in [6.07, 6.45) is 1.92. The van der Waals surface area contributed by atoms with E-state index >= 15 is 0 Å². The Balaban J connectivity index is 1.97. The molecule has 94 valence electrons. The summed E-state index contributed by atoms with van der Waals surface area (Å²) in [6.45, 7) is 0.490. The molecule has 1 aliphatic rings. The van der Waals surface area contributed by atoms with Gasteiger partial charge in [0.2, 0.25) is 0 Å². The first-order valence-corrected chi connectivity index (χ1v) is 6.09. The Bertz CT molecular complexity index is 612. The van der Waals surface area contributed by atoms with Crippen molar-refractivity contribution in [2.45, 2.75) is 18.4 Å². The number of nitrogens with zero attached hydrogens (tertiary/aromatic N) is 2. The zero-order valence-corrected chi connectivity index (χ0v) is 10.3. The molecule has 1 amide bonds. The topological polar surface area (TPSA) is 72.9 Å². The third-order valence-corrected chi connectivity index (χ3v) is 3.60. The highest BCUT2D eigenvalue weighted by Crippen LogP contribution is 2.34. The molecule has 1 aromatic carbocycles. The quantitative estimate of drug-likeness (QED) is 0.838. The zero-order valence-electron chi connectivity index (χ0n) is 10.3. The maximum Gasteiger partial charge on any atom is 0.272 e. The van der Waals surface area contributed by atoms with E-state index in [2.05, 4.69) is 10.4 Å². The summed E-state index contributed by atoms with van der Waals surface area (Å²) in [5.41, 5.74) is 6.93. The molecule has 0 aliphatic heterocycles. The molecule has 0 bridgehead atoms. The van der Waals surface area contributed by atoms with Crippen LogP contribution < -0.4 is 11.1 Å². The number of nitrogens with two attached hydrogens (primary N) is 1. The minimum Gasteiger partial charge on any atom is -0.344 e. The third-order valence-electron chi connectivity index (χ3n) is 3.60. The van der Waals surface area contributed by atoms with Crippen LogP contribution in [0.4, 0.5) is 0 Å². The van der Waals surface area contributed by atoms with Crippen LogP contribution in [0.15, 0.2) is 24.3 Å². The Hall–Kier alpha value is -1.88. The van der Waals surface area contributed by atoms with Crippen LogP contribution in [-0.2, 0) is 7.05 Å². The van der Waals surface area contributed by atoms with Gasteiger partial charge in [-0.15, -0.1) is 0 Å². The molecule has 18 heavy (non-hydrogen) atoms. The van der Waals surface area contributed by atoms with E-state index in [1.807, 2.05) is 31.3 Å². The Kier molecular flexibility index (Phi) is 2.38. The van der Waals surface area contributed by atoms with Crippen LogP contribution in [0.2, 0.25) is 0 Å². The molecule has 0 unspecified atom stereocenters. The van der Waals surface area contributed by atoms with Gasteiger partial charge in [-0.2, -0.15) is 5.10 Å². The van der Waals surface area contributed by atoms with Gasteiger partial charge in [0.1, 0.15) is 0 Å². The van der Waals surface area contributed by atoms with Gasteiger partial charge in [-0.25, -0.2) is 0 Å². The lowest BCUT2D eigenvalue weighted by Crippen LogP contribution is -2.42. The predicted molar refractivity (Wildman–Crippen MR) is 69.2 cm³/mol. The van der Waals surface area contributed by atoms with Crippen molar-refractivity contribution in [3.05, 3.63) is 30.0 Å². The number of fused-ring (bicyclic) bond motifs is 1. The summed E-state index contributed by atoms with van der Waals surface area (Å²) < 4.78 is 1.73. The lowest BCUT2D eigenvalue weighted by atomic mass is 10.2. The van der Waals surface area contributed by atoms with Crippen molar-refractivity contribution >= 4 is 16.8 Å². The average molecular weight is 244 g/mol. The maximum atomic E-state index is 12.2. The number of hydrogen-bond donors (Lipinski definition) is 2. The van der Waals surface area contributed by atoms with Crippen molar-refractivity contribution in [2.24, 2.45) is 12.8 Å². The Labute approximate surface area is 105 Å². The number of carbonyl (C=O) groups is 1. The summed E-state index contributed by atoms with van der Waals surface area (Å²) in [6, 6.07) is 7.72. The fourth-order valence-corrected chi connectivity index (χ4v) is 2.21. The normalized spacial score (nSPS) is 16.8. The van der Waals surface area contributed by atoms with Crippen LogP contribution in [-0.4, -0.2) is 27.8 Å². The van der Waals surface area contributed by atoms with Crippen molar-refractivity contribution in [3.8, 4) is 0 Å². The average Bonchev–Trinajstić information content (AvgIpc) is 3.08. The van der Waals surface area contributed by atoms with Gasteiger partial charge in [-0.05, 0) is 18.9 Å². The fourth-order valence-electron chi connectivity index (χ4n) is 2.21. The lowest BCUT2D eigenvalue weighted by Gasteiger charge is -2.13. The molecular formula is C13H16N4O. The van der Waals surface area contributed by atoms with E-state index in [4.69, 9.17) is 5.73 Å². The van der Waals surface area contributed by atoms with E-state index in [1.165, 1.54) is 0 Å². The molecule has 3 N–H and O–H groups in total. The van der Waals surface area contributed by atoms with E-state index in [-0.39, 0.29) is 11.4 Å². The standard InChI is InChI=1S/C13H16N4O/c1-17-10-5-3-2-4-9(10)11(16-17)12(18)15-13(8-14)6-7-13/h2-5H,6-8,14H2,1H3,(H,15,18). The maximum absolute atomic E-state index is 12.2. The second-order valence-electron chi connectivity index (χ2n) is 4.93. The first-order chi connectivity index (χ1) is 8.65. The Morgan fingerprint density at radius 2 is 2.22 bits per heavy atom. The highest BCUT2D eigenvalue weighted by Gasteiger charge is 2.43. The second kappa shape index (κ2) is 3.81. The third kappa shape index (κ3) is 1.67. The van der Waals surface area contributed by atoms with Crippen molar-refractivity contribution in [3.63, 3.8) is 0 Å². The van der Waals surface area contributed by atoms with Crippen LogP contribution in [0.5, 0.6) is 0 Å². The van der Waals surface area contributed by atoms with Crippen LogP contribution in [0.1, 0.15) is 23.3 Å². The first-order valence-electron chi connectivity index (χ1n) is 6.09. The molecular weight excluding hydrogens is 228 g/mol. The molecule has 1 saturated carbocycles. The molecule has 5 heteroatoms. The summed E-state index contributed by atoms with van der Waals surface area (Å²) in [5, 5.41) is 8.18. The van der Waals surface area contributed by atoms with Crippen molar-refractivity contribution < 1.29 is 4.79 Å². The van der Waals surface area contributed by atoms with Gasteiger partial charge >= 0.3 is 0 Å². The summed E-state index contributed by atoms with van der Waals surface area (Å²) in [7, 11) is 1.84. The molecule has 0 radical (unpaired) electrons. The monoisotopic (exact) mass is 244 g/mol. The van der Waals surface area contributed by atoms with Gasteiger partial charge < -0.3 is 11.1 Å². The molecule has 3 rings (SSSR count). The number of nitrogens with one attached hydrogen (secondary N) is 1. The molecule has 1 aromatic heterocycles. The minimum atomic E-state index is -0.185. The number of rotatable bonds is 3. The summed E-state index contributed by atoms with van der Waals surface area (Å²) >= 11 is 0. The predicted octanol–water partition coefficient (Wildman–Crippen LogP) is 0.794. The van der Waals surface area contributed by atoms with Gasteiger partial charge in [0.15, 0.2) is 5.69 Å². The first kappa shape index (κ1) is 11.2. The van der Waals surface area contributed by atoms with Gasteiger partial charge in [0, 0.05) is 19.0 Å². The number of benzene rings is 1. The number of carbonyl (C=O) groups excluding carboxylic acids is 1. The molecule has 0 spiro atoms. The van der Waals surface area contributed by atoms with Gasteiger partial charge in [0.25, 0.3) is 5.91 Å². The summed E-state index contributed by atoms with van der Waals surface area (Å²) in [5.74, 6) is -0.130. The number of aromatic nitrogens is 2. The van der Waals surface area contributed by atoms with Crippen molar-refractivity contribution in [1.82, 2.24) is 15.1 Å². The molecule has 2 aromatic rings. The van der Waals surface area contributed by atoms with E-state index in [1.54, 1.807) is 4.68 Å². The SMILES string of the molecule is Cn1nc(C(=O)NC2(CN)CC2)c2ccccc21. The smallest absolute Gasteiger partial charge is 0.272 e. The van der Waals surface area contributed by atoms with Crippen molar-refractivity contribution in [1.29, 1.82) is 0 Å². The number of aryl methyl sites for hydroxylation is 1. The molecule has 5 nitrogen and oxygen atoms in total. The van der Waals surface area contributed by atoms with Crippen LogP contribution in [0.25, 0.3) is 10.9 Å². The number of amides is 1. The molecule has 0 saturated heterocycles. The fraction of sp³-hybridized carbons (Fsp3) is 0.385. The Morgan fingerprint density at radius 1 is 1.50 bits per heavy atom. The van der Waals surface area contributed by atoms with E-state index < -0.39 is 0 Å². The lowest BCUT2D eigenvalue weighted by molar-refractivity contribution is 0.0929. The second-order valence-corrected chi connectivity index (χ2v) is 4.93. The largest absolute Gasteiger partial charge is 0.344 e. The molecule has 1 aliphatic carbocycles. The van der Waals surface area contributed by atoms with E-state index in [0.717, 1.165) is 23.7 Å². The van der Waals surface area contributed by atoms with Gasteiger partial charge in [0.05, 0.1) is 11.1 Å².